The number of rotatable bonds is 8. The molecule has 0 aliphatic rings. The van der Waals surface area contributed by atoms with E-state index in [1.165, 1.54) is 17.5 Å². The van der Waals surface area contributed by atoms with E-state index in [0.717, 1.165) is 26.2 Å². The highest BCUT2D eigenvalue weighted by atomic mass is 16.5. The Bertz CT molecular complexity index is 292. The summed E-state index contributed by atoms with van der Waals surface area (Å²) >= 11 is 0. The van der Waals surface area contributed by atoms with Crippen LogP contribution in [0.3, 0.4) is 0 Å². The molecule has 0 aliphatic carbocycles. The molecule has 1 aromatic carbocycles. The van der Waals surface area contributed by atoms with E-state index in [1.807, 2.05) is 0 Å². The number of hydrogen-bond acceptors (Lipinski definition) is 2. The van der Waals surface area contributed by atoms with Gasteiger partial charge in [0, 0.05) is 19.2 Å². The molecule has 0 aromatic heterocycles. The van der Waals surface area contributed by atoms with Gasteiger partial charge in [0.2, 0.25) is 0 Å². The molecule has 0 aliphatic heterocycles. The monoisotopic (exact) mass is 235 g/mol. The summed E-state index contributed by atoms with van der Waals surface area (Å²) in [6, 6.07) is 9.20. The van der Waals surface area contributed by atoms with Crippen LogP contribution in [-0.2, 0) is 17.9 Å². The SMILES string of the molecule is CCCCOCc1ccc(CNC(C)C)cc1. The van der Waals surface area contributed by atoms with Gasteiger partial charge in [-0.15, -0.1) is 0 Å². The summed E-state index contributed by atoms with van der Waals surface area (Å²) in [5.41, 5.74) is 2.59. The number of nitrogens with one attached hydrogen (secondary N) is 1. The fourth-order valence-corrected chi connectivity index (χ4v) is 1.51. The summed E-state index contributed by atoms with van der Waals surface area (Å²) in [4.78, 5) is 0. The van der Waals surface area contributed by atoms with Crippen molar-refractivity contribution in [3.63, 3.8) is 0 Å². The van der Waals surface area contributed by atoms with E-state index in [-0.39, 0.29) is 0 Å². The van der Waals surface area contributed by atoms with Crippen molar-refractivity contribution in [3.05, 3.63) is 35.4 Å². The maximum absolute atomic E-state index is 5.58. The van der Waals surface area contributed by atoms with Gasteiger partial charge in [0.15, 0.2) is 0 Å². The molecular weight excluding hydrogens is 210 g/mol. The average molecular weight is 235 g/mol. The summed E-state index contributed by atoms with van der Waals surface area (Å²) in [7, 11) is 0. The first-order valence-corrected chi connectivity index (χ1v) is 6.61. The molecule has 0 radical (unpaired) electrons. The van der Waals surface area contributed by atoms with Crippen LogP contribution >= 0.6 is 0 Å². The van der Waals surface area contributed by atoms with Crippen molar-refractivity contribution in [2.45, 2.75) is 52.8 Å². The van der Waals surface area contributed by atoms with E-state index in [1.54, 1.807) is 0 Å². The van der Waals surface area contributed by atoms with Gasteiger partial charge in [-0.3, -0.25) is 0 Å². The fraction of sp³-hybridized carbons (Fsp3) is 0.600. The molecule has 96 valence electrons. The Labute approximate surface area is 105 Å². The van der Waals surface area contributed by atoms with E-state index >= 15 is 0 Å². The normalized spacial score (nSPS) is 11.1. The minimum Gasteiger partial charge on any atom is -0.377 e. The highest BCUT2D eigenvalue weighted by Gasteiger charge is 1.97. The number of unbranched alkanes of at least 4 members (excludes halogenated alkanes) is 1. The molecule has 0 saturated carbocycles. The van der Waals surface area contributed by atoms with Crippen molar-refractivity contribution in [1.82, 2.24) is 5.32 Å². The van der Waals surface area contributed by atoms with Gasteiger partial charge in [-0.05, 0) is 17.5 Å². The van der Waals surface area contributed by atoms with Crippen LogP contribution in [0, 0.1) is 0 Å². The molecule has 0 amide bonds. The molecule has 1 aromatic rings. The van der Waals surface area contributed by atoms with Gasteiger partial charge in [0.1, 0.15) is 0 Å². The zero-order chi connectivity index (χ0) is 12.5. The second-order valence-corrected chi connectivity index (χ2v) is 4.76. The zero-order valence-corrected chi connectivity index (χ0v) is 11.3. The van der Waals surface area contributed by atoms with Crippen molar-refractivity contribution in [2.24, 2.45) is 0 Å². The summed E-state index contributed by atoms with van der Waals surface area (Å²) in [6.07, 6.45) is 2.34. The van der Waals surface area contributed by atoms with Gasteiger partial charge >= 0.3 is 0 Å². The third-order valence-corrected chi connectivity index (χ3v) is 2.65. The first-order chi connectivity index (χ1) is 8.22. The Morgan fingerprint density at radius 3 is 2.35 bits per heavy atom. The molecule has 2 nitrogen and oxygen atoms in total. The van der Waals surface area contributed by atoms with Gasteiger partial charge in [-0.25, -0.2) is 0 Å². The Morgan fingerprint density at radius 2 is 1.76 bits per heavy atom. The maximum atomic E-state index is 5.58. The second kappa shape index (κ2) is 8.26. The first kappa shape index (κ1) is 14.2. The minimum absolute atomic E-state index is 0.534. The minimum atomic E-state index is 0.534. The molecule has 1 N–H and O–H groups in total. The van der Waals surface area contributed by atoms with Gasteiger partial charge in [0.25, 0.3) is 0 Å². The van der Waals surface area contributed by atoms with Crippen molar-refractivity contribution in [1.29, 1.82) is 0 Å². The summed E-state index contributed by atoms with van der Waals surface area (Å²) < 4.78 is 5.58. The van der Waals surface area contributed by atoms with Crippen LogP contribution in [0.15, 0.2) is 24.3 Å². The zero-order valence-electron chi connectivity index (χ0n) is 11.3. The first-order valence-electron chi connectivity index (χ1n) is 6.61. The van der Waals surface area contributed by atoms with Crippen LogP contribution in [0.5, 0.6) is 0 Å². The smallest absolute Gasteiger partial charge is 0.0716 e. The standard InChI is InChI=1S/C15H25NO/c1-4-5-10-17-12-15-8-6-14(7-9-15)11-16-13(2)3/h6-9,13,16H,4-5,10-12H2,1-3H3. The quantitative estimate of drug-likeness (QED) is 0.696. The molecule has 2 heteroatoms. The molecule has 17 heavy (non-hydrogen) atoms. The Balaban J connectivity index is 2.29. The molecule has 0 unspecified atom stereocenters. The summed E-state index contributed by atoms with van der Waals surface area (Å²) in [5.74, 6) is 0. The largest absolute Gasteiger partial charge is 0.377 e. The molecule has 0 heterocycles. The Hall–Kier alpha value is -0.860. The lowest BCUT2D eigenvalue weighted by atomic mass is 10.1. The second-order valence-electron chi connectivity index (χ2n) is 4.76. The van der Waals surface area contributed by atoms with E-state index in [2.05, 4.69) is 50.4 Å². The lowest BCUT2D eigenvalue weighted by Gasteiger charge is -2.09. The topological polar surface area (TPSA) is 21.3 Å². The van der Waals surface area contributed by atoms with Crippen molar-refractivity contribution in [2.75, 3.05) is 6.61 Å². The third-order valence-electron chi connectivity index (χ3n) is 2.65. The van der Waals surface area contributed by atoms with E-state index < -0.39 is 0 Å². The molecule has 0 atom stereocenters. The Kier molecular flexibility index (Phi) is 6.90. The molecular formula is C15H25NO. The van der Waals surface area contributed by atoms with Gasteiger partial charge < -0.3 is 10.1 Å². The Morgan fingerprint density at radius 1 is 1.12 bits per heavy atom. The lowest BCUT2D eigenvalue weighted by molar-refractivity contribution is 0.118. The predicted molar refractivity (Wildman–Crippen MR) is 73.0 cm³/mol. The fourth-order valence-electron chi connectivity index (χ4n) is 1.51. The number of hydrogen-bond donors (Lipinski definition) is 1. The lowest BCUT2D eigenvalue weighted by Crippen LogP contribution is -2.21. The molecule has 0 fully saturated rings. The molecule has 0 bridgehead atoms. The van der Waals surface area contributed by atoms with Gasteiger partial charge in [0.05, 0.1) is 6.61 Å². The molecule has 0 spiro atoms. The van der Waals surface area contributed by atoms with E-state index in [9.17, 15) is 0 Å². The summed E-state index contributed by atoms with van der Waals surface area (Å²) in [5, 5.41) is 3.41. The highest BCUT2D eigenvalue weighted by molar-refractivity contribution is 5.21. The van der Waals surface area contributed by atoms with Crippen LogP contribution in [0.1, 0.15) is 44.7 Å². The van der Waals surface area contributed by atoms with Crippen molar-refractivity contribution < 1.29 is 4.74 Å². The molecule has 1 rings (SSSR count). The average Bonchev–Trinajstić information content (AvgIpc) is 2.33. The maximum Gasteiger partial charge on any atom is 0.0716 e. The van der Waals surface area contributed by atoms with E-state index in [0.29, 0.717) is 6.04 Å². The van der Waals surface area contributed by atoms with Crippen LogP contribution in [-0.4, -0.2) is 12.6 Å². The van der Waals surface area contributed by atoms with Gasteiger partial charge in [-0.2, -0.15) is 0 Å². The van der Waals surface area contributed by atoms with Gasteiger partial charge in [-0.1, -0.05) is 51.5 Å². The number of benzene rings is 1. The molecule has 0 saturated heterocycles. The predicted octanol–water partition coefficient (Wildman–Crippen LogP) is 3.50. The van der Waals surface area contributed by atoms with E-state index in [4.69, 9.17) is 4.74 Å². The van der Waals surface area contributed by atoms with Crippen LogP contribution in [0.25, 0.3) is 0 Å². The van der Waals surface area contributed by atoms with Crippen molar-refractivity contribution >= 4 is 0 Å². The van der Waals surface area contributed by atoms with Crippen LogP contribution < -0.4 is 5.32 Å². The third kappa shape index (κ3) is 6.44. The summed E-state index contributed by atoms with van der Waals surface area (Å²) in [6.45, 7) is 9.05. The van der Waals surface area contributed by atoms with Crippen LogP contribution in [0.2, 0.25) is 0 Å². The van der Waals surface area contributed by atoms with Crippen molar-refractivity contribution in [3.8, 4) is 0 Å². The highest BCUT2D eigenvalue weighted by Crippen LogP contribution is 2.06. The van der Waals surface area contributed by atoms with Crippen LogP contribution in [0.4, 0.5) is 0 Å². The number of ether oxygens (including phenoxy) is 1.